The maximum absolute atomic E-state index is 13.6. The molecule has 2 aromatic carbocycles. The second-order valence-electron chi connectivity index (χ2n) is 9.11. The number of hydrogen-bond donors (Lipinski definition) is 1. The lowest BCUT2D eigenvalue weighted by Crippen LogP contribution is -2.41. The molecule has 0 saturated carbocycles. The highest BCUT2D eigenvalue weighted by Gasteiger charge is 2.43. The van der Waals surface area contributed by atoms with Crippen molar-refractivity contribution in [2.24, 2.45) is 16.6 Å². The lowest BCUT2D eigenvalue weighted by atomic mass is 9.77. The Morgan fingerprint density at radius 2 is 1.73 bits per heavy atom. The molecular weight excluding hydrogens is 410 g/mol. The summed E-state index contributed by atoms with van der Waals surface area (Å²) in [5.74, 6) is 1.05. The second-order valence-corrected chi connectivity index (χ2v) is 9.11. The van der Waals surface area contributed by atoms with Gasteiger partial charge in [0.2, 0.25) is 5.91 Å². The number of hydrogen-bond acceptors (Lipinski definition) is 4. The van der Waals surface area contributed by atoms with Gasteiger partial charge in [-0.15, -0.1) is 0 Å². The van der Waals surface area contributed by atoms with Gasteiger partial charge in [0.25, 0.3) is 0 Å². The zero-order valence-electron chi connectivity index (χ0n) is 19.4. The normalized spacial score (nSPS) is 20.2. The highest BCUT2D eigenvalue weighted by Crippen LogP contribution is 2.39. The van der Waals surface area contributed by atoms with Crippen LogP contribution in [-0.4, -0.2) is 35.5 Å². The van der Waals surface area contributed by atoms with Crippen molar-refractivity contribution in [1.29, 1.82) is 0 Å². The van der Waals surface area contributed by atoms with E-state index in [1.165, 1.54) is 0 Å². The first kappa shape index (κ1) is 23.0. The minimum absolute atomic E-state index is 0.0625. The number of nitrogens with two attached hydrogens (primary N) is 1. The Morgan fingerprint density at radius 1 is 1.09 bits per heavy atom. The molecule has 2 aromatic rings. The molecule has 5 heteroatoms. The number of ketones is 1. The Hall–Kier alpha value is -3.21. The summed E-state index contributed by atoms with van der Waals surface area (Å²) in [6.07, 6.45) is 6.93. The Morgan fingerprint density at radius 3 is 2.33 bits per heavy atom. The van der Waals surface area contributed by atoms with Crippen LogP contribution in [0.15, 0.2) is 77.3 Å². The van der Waals surface area contributed by atoms with E-state index in [2.05, 4.69) is 0 Å². The third-order valence-corrected chi connectivity index (χ3v) is 6.82. The summed E-state index contributed by atoms with van der Waals surface area (Å²) in [6.45, 7) is 3.70. The third kappa shape index (κ3) is 4.77. The van der Waals surface area contributed by atoms with E-state index in [1.54, 1.807) is 6.08 Å². The number of carbonyl (C=O) groups excluding carboxylic acids is 2. The number of piperidine rings is 1. The van der Waals surface area contributed by atoms with E-state index < -0.39 is 5.54 Å². The molecule has 1 atom stereocenters. The molecule has 2 aliphatic rings. The molecule has 0 spiro atoms. The molecule has 4 rings (SSSR count). The van der Waals surface area contributed by atoms with E-state index in [-0.39, 0.29) is 11.7 Å². The van der Waals surface area contributed by atoms with Crippen molar-refractivity contribution in [3.8, 4) is 0 Å². The van der Waals surface area contributed by atoms with Gasteiger partial charge in [0.1, 0.15) is 5.84 Å². The van der Waals surface area contributed by atoms with E-state index in [1.807, 2.05) is 72.5 Å². The average molecular weight is 444 g/mol. The van der Waals surface area contributed by atoms with Crippen LogP contribution in [-0.2, 0) is 15.1 Å². The van der Waals surface area contributed by atoms with Gasteiger partial charge in [-0.2, -0.15) is 0 Å². The van der Waals surface area contributed by atoms with Crippen molar-refractivity contribution < 1.29 is 9.59 Å². The van der Waals surface area contributed by atoms with Crippen molar-refractivity contribution in [2.45, 2.75) is 51.0 Å². The Bertz CT molecular complexity index is 1000. The van der Waals surface area contributed by atoms with Crippen LogP contribution in [0.5, 0.6) is 0 Å². The number of nitrogens with zero attached hydrogens (tertiary/aromatic N) is 2. The van der Waals surface area contributed by atoms with E-state index in [4.69, 9.17) is 10.7 Å². The van der Waals surface area contributed by atoms with Crippen LogP contribution in [0.3, 0.4) is 0 Å². The Labute approximate surface area is 196 Å². The number of amides is 1. The molecule has 2 heterocycles. The van der Waals surface area contributed by atoms with E-state index in [0.29, 0.717) is 24.6 Å². The largest absolute Gasteiger partial charge is 0.384 e. The van der Waals surface area contributed by atoms with Gasteiger partial charge in [0, 0.05) is 19.5 Å². The summed E-state index contributed by atoms with van der Waals surface area (Å²) in [5, 5.41) is 0. The fourth-order valence-corrected chi connectivity index (χ4v) is 5.04. The zero-order valence-corrected chi connectivity index (χ0v) is 19.4. The predicted molar refractivity (Wildman–Crippen MR) is 132 cm³/mol. The summed E-state index contributed by atoms with van der Waals surface area (Å²) in [7, 11) is 0. The second kappa shape index (κ2) is 10.2. The number of amidine groups is 1. The minimum Gasteiger partial charge on any atom is -0.384 e. The van der Waals surface area contributed by atoms with E-state index >= 15 is 0 Å². The smallest absolute Gasteiger partial charge is 0.222 e. The summed E-state index contributed by atoms with van der Waals surface area (Å²) >= 11 is 0. The van der Waals surface area contributed by atoms with Gasteiger partial charge < -0.3 is 10.6 Å². The molecular formula is C28H33N3O2. The molecule has 1 amide bonds. The molecule has 33 heavy (non-hydrogen) atoms. The van der Waals surface area contributed by atoms with Crippen LogP contribution >= 0.6 is 0 Å². The van der Waals surface area contributed by atoms with Crippen molar-refractivity contribution in [3.05, 3.63) is 83.4 Å². The summed E-state index contributed by atoms with van der Waals surface area (Å²) in [5.41, 5.74) is 7.78. The van der Waals surface area contributed by atoms with Crippen molar-refractivity contribution in [3.63, 3.8) is 0 Å². The molecule has 0 aliphatic carbocycles. The standard InChI is InChI=1S/C28H33N3O2/c1-2-10-26(33)31-18-9-11-21(20-31)16-17-22-19-25(32)28(30-27(22)29,23-12-5-3-6-13-23)24-14-7-4-8-15-24/h3-8,12-15,19,21H,2,9-11,16-18,20H2,1H3,(H2,29,30)/t21-/m1/s1. The number of dihydropyridines is 1. The predicted octanol–water partition coefficient (Wildman–Crippen LogP) is 4.62. The highest BCUT2D eigenvalue weighted by atomic mass is 16.2. The highest BCUT2D eigenvalue weighted by molar-refractivity contribution is 6.13. The topological polar surface area (TPSA) is 75.8 Å². The molecule has 1 saturated heterocycles. The summed E-state index contributed by atoms with van der Waals surface area (Å²) < 4.78 is 0. The number of benzene rings is 2. The zero-order chi connectivity index (χ0) is 23.3. The number of aliphatic imine (C=N–C) groups is 1. The number of rotatable bonds is 7. The third-order valence-electron chi connectivity index (χ3n) is 6.82. The molecule has 5 nitrogen and oxygen atoms in total. The van der Waals surface area contributed by atoms with Crippen molar-refractivity contribution in [1.82, 2.24) is 4.90 Å². The van der Waals surface area contributed by atoms with Gasteiger partial charge in [0.15, 0.2) is 11.3 Å². The SMILES string of the molecule is CCCC(=O)N1CCC[C@H](CCC2=CC(=O)C(c3ccccc3)(c3ccccc3)N=C2N)C1. The Kier molecular flexibility index (Phi) is 7.07. The molecule has 0 unspecified atom stereocenters. The van der Waals surface area contributed by atoms with Gasteiger partial charge in [-0.05, 0) is 60.8 Å². The van der Waals surface area contributed by atoms with Crippen LogP contribution in [0, 0.1) is 5.92 Å². The Balaban J connectivity index is 1.53. The molecule has 0 aromatic heterocycles. The van der Waals surface area contributed by atoms with Gasteiger partial charge in [-0.25, -0.2) is 4.99 Å². The molecule has 2 aliphatic heterocycles. The fourth-order valence-electron chi connectivity index (χ4n) is 5.04. The molecule has 172 valence electrons. The summed E-state index contributed by atoms with van der Waals surface area (Å²) in [4.78, 5) is 32.8. The van der Waals surface area contributed by atoms with Gasteiger partial charge in [-0.1, -0.05) is 67.6 Å². The number of likely N-dealkylation sites (tertiary alicyclic amines) is 1. The molecule has 0 bridgehead atoms. The van der Waals surface area contributed by atoms with Crippen LogP contribution in [0.25, 0.3) is 0 Å². The maximum atomic E-state index is 13.6. The van der Waals surface area contributed by atoms with Crippen LogP contribution in [0.2, 0.25) is 0 Å². The lowest BCUT2D eigenvalue weighted by molar-refractivity contribution is -0.133. The minimum atomic E-state index is -1.15. The van der Waals surface area contributed by atoms with Crippen molar-refractivity contribution in [2.75, 3.05) is 13.1 Å². The van der Waals surface area contributed by atoms with E-state index in [0.717, 1.165) is 55.5 Å². The van der Waals surface area contributed by atoms with E-state index in [9.17, 15) is 9.59 Å². The number of carbonyl (C=O) groups is 2. The molecule has 0 radical (unpaired) electrons. The quantitative estimate of drug-likeness (QED) is 0.679. The maximum Gasteiger partial charge on any atom is 0.222 e. The molecule has 2 N–H and O–H groups in total. The monoisotopic (exact) mass is 443 g/mol. The molecule has 1 fully saturated rings. The van der Waals surface area contributed by atoms with Crippen LogP contribution in [0.4, 0.5) is 0 Å². The van der Waals surface area contributed by atoms with Gasteiger partial charge >= 0.3 is 0 Å². The van der Waals surface area contributed by atoms with Crippen LogP contribution < -0.4 is 5.73 Å². The first-order valence-electron chi connectivity index (χ1n) is 12.0. The van der Waals surface area contributed by atoms with Gasteiger partial charge in [-0.3, -0.25) is 9.59 Å². The van der Waals surface area contributed by atoms with Crippen LogP contribution in [0.1, 0.15) is 56.6 Å². The first-order valence-corrected chi connectivity index (χ1v) is 12.0. The fraction of sp³-hybridized carbons (Fsp3) is 0.393. The van der Waals surface area contributed by atoms with Gasteiger partial charge in [0.05, 0.1) is 0 Å². The first-order chi connectivity index (χ1) is 16.0. The lowest BCUT2D eigenvalue weighted by Gasteiger charge is -2.34. The average Bonchev–Trinajstić information content (AvgIpc) is 2.85. The van der Waals surface area contributed by atoms with Crippen molar-refractivity contribution >= 4 is 17.5 Å². The summed E-state index contributed by atoms with van der Waals surface area (Å²) in [6, 6.07) is 19.3.